The third-order valence-electron chi connectivity index (χ3n) is 4.69. The lowest BCUT2D eigenvalue weighted by Crippen LogP contribution is -2.30. The molecule has 26 heavy (non-hydrogen) atoms. The molecule has 0 saturated carbocycles. The van der Waals surface area contributed by atoms with Crippen LogP contribution < -0.4 is 0 Å². The van der Waals surface area contributed by atoms with Crippen LogP contribution in [0.3, 0.4) is 0 Å². The highest BCUT2D eigenvalue weighted by molar-refractivity contribution is 5.70. The first-order valence-corrected chi connectivity index (χ1v) is 9.37. The lowest BCUT2D eigenvalue weighted by atomic mass is 9.91. The van der Waals surface area contributed by atoms with Crippen LogP contribution in [0.15, 0.2) is 36.0 Å². The second-order valence-corrected chi connectivity index (χ2v) is 7.75. The fourth-order valence-electron chi connectivity index (χ4n) is 2.87. The Morgan fingerprint density at radius 1 is 1.50 bits per heavy atom. The van der Waals surface area contributed by atoms with Crippen molar-refractivity contribution in [3.63, 3.8) is 0 Å². The topological polar surface area (TPSA) is 87.0 Å². The third kappa shape index (κ3) is 8.30. The molecule has 0 bridgehead atoms. The van der Waals surface area contributed by atoms with E-state index >= 15 is 0 Å². The Kier molecular flexibility index (Phi) is 9.27. The summed E-state index contributed by atoms with van der Waals surface area (Å²) < 4.78 is 5.64. The van der Waals surface area contributed by atoms with Gasteiger partial charge in [0.05, 0.1) is 18.1 Å². The van der Waals surface area contributed by atoms with Crippen LogP contribution in [0.2, 0.25) is 0 Å². The SMILES string of the molecule is C/C(=C\C=C\[C@@H](C)CO)[C@H]1OC(=O)C[C@@H](O)CC[C@@](C)(O)C/C=C/[C@@H]1C. The number of allylic oxidation sites excluding steroid dienone is 2. The first-order chi connectivity index (χ1) is 12.1. The molecule has 0 amide bonds. The summed E-state index contributed by atoms with van der Waals surface area (Å²) in [6.07, 6.45) is 9.44. The predicted molar refractivity (Wildman–Crippen MR) is 102 cm³/mol. The lowest BCUT2D eigenvalue weighted by Gasteiger charge is -2.27. The Morgan fingerprint density at radius 2 is 2.19 bits per heavy atom. The molecule has 0 saturated heterocycles. The van der Waals surface area contributed by atoms with E-state index < -0.39 is 23.8 Å². The van der Waals surface area contributed by atoms with E-state index in [0.717, 1.165) is 5.57 Å². The van der Waals surface area contributed by atoms with Gasteiger partial charge in [-0.2, -0.15) is 0 Å². The number of carbonyl (C=O) groups excluding carboxylic acids is 1. The maximum atomic E-state index is 12.2. The summed E-state index contributed by atoms with van der Waals surface area (Å²) in [7, 11) is 0. The molecule has 0 fully saturated rings. The predicted octanol–water partition coefficient (Wildman–Crippen LogP) is 2.91. The first kappa shape index (κ1) is 22.6. The van der Waals surface area contributed by atoms with Crippen LogP contribution in [0.4, 0.5) is 0 Å². The van der Waals surface area contributed by atoms with Gasteiger partial charge in [0, 0.05) is 12.5 Å². The largest absolute Gasteiger partial charge is 0.457 e. The van der Waals surface area contributed by atoms with Crippen LogP contribution >= 0.6 is 0 Å². The minimum Gasteiger partial charge on any atom is -0.457 e. The smallest absolute Gasteiger partial charge is 0.309 e. The fourth-order valence-corrected chi connectivity index (χ4v) is 2.87. The lowest BCUT2D eigenvalue weighted by molar-refractivity contribution is -0.151. The number of esters is 1. The second-order valence-electron chi connectivity index (χ2n) is 7.75. The molecule has 5 heteroatoms. The van der Waals surface area contributed by atoms with Gasteiger partial charge in [0.2, 0.25) is 0 Å². The molecule has 1 aliphatic rings. The summed E-state index contributed by atoms with van der Waals surface area (Å²) >= 11 is 0. The minimum atomic E-state index is -0.899. The van der Waals surface area contributed by atoms with Gasteiger partial charge >= 0.3 is 5.97 Å². The molecule has 0 aromatic rings. The number of rotatable bonds is 4. The van der Waals surface area contributed by atoms with Gasteiger partial charge in [-0.25, -0.2) is 0 Å². The van der Waals surface area contributed by atoms with Gasteiger partial charge in [0.25, 0.3) is 0 Å². The summed E-state index contributed by atoms with van der Waals surface area (Å²) in [4.78, 5) is 12.2. The van der Waals surface area contributed by atoms with Crippen molar-refractivity contribution in [1.82, 2.24) is 0 Å². The summed E-state index contributed by atoms with van der Waals surface area (Å²) in [6.45, 7) is 7.60. The highest BCUT2D eigenvalue weighted by atomic mass is 16.5. The molecule has 3 N–H and O–H groups in total. The Labute approximate surface area is 157 Å². The van der Waals surface area contributed by atoms with Gasteiger partial charge in [0.1, 0.15) is 6.10 Å². The molecule has 0 aromatic heterocycles. The monoisotopic (exact) mass is 366 g/mol. The number of carbonyl (C=O) groups is 1. The maximum Gasteiger partial charge on any atom is 0.309 e. The zero-order chi connectivity index (χ0) is 19.7. The molecule has 5 nitrogen and oxygen atoms in total. The summed E-state index contributed by atoms with van der Waals surface area (Å²) in [5.74, 6) is -0.442. The molecule has 148 valence electrons. The number of aliphatic hydroxyl groups excluding tert-OH is 2. The van der Waals surface area contributed by atoms with Crippen LogP contribution in [0, 0.1) is 11.8 Å². The molecule has 1 rings (SSSR count). The van der Waals surface area contributed by atoms with Crippen molar-refractivity contribution in [2.24, 2.45) is 11.8 Å². The minimum absolute atomic E-state index is 0.0626. The summed E-state index contributed by atoms with van der Waals surface area (Å²) in [5, 5.41) is 29.5. The molecule has 0 aromatic carbocycles. The number of cyclic esters (lactones) is 1. The van der Waals surface area contributed by atoms with Gasteiger partial charge in [-0.05, 0) is 44.6 Å². The molecule has 0 aliphatic carbocycles. The summed E-state index contributed by atoms with van der Waals surface area (Å²) in [5.41, 5.74) is -0.0145. The molecule has 0 spiro atoms. The first-order valence-electron chi connectivity index (χ1n) is 9.37. The average molecular weight is 366 g/mol. The van der Waals surface area contributed by atoms with Gasteiger partial charge < -0.3 is 20.1 Å². The van der Waals surface area contributed by atoms with E-state index in [4.69, 9.17) is 9.84 Å². The van der Waals surface area contributed by atoms with Crippen molar-refractivity contribution in [3.8, 4) is 0 Å². The molecular formula is C21H34O5. The zero-order valence-corrected chi connectivity index (χ0v) is 16.4. The number of ether oxygens (including phenoxy) is 1. The van der Waals surface area contributed by atoms with Gasteiger partial charge in [0.15, 0.2) is 0 Å². The van der Waals surface area contributed by atoms with Crippen molar-refractivity contribution in [2.75, 3.05) is 6.61 Å². The highest BCUT2D eigenvalue weighted by Crippen LogP contribution is 2.24. The fraction of sp³-hybridized carbons (Fsp3) is 0.667. The van der Waals surface area contributed by atoms with Crippen molar-refractivity contribution < 1.29 is 24.9 Å². The van der Waals surface area contributed by atoms with E-state index in [1.165, 1.54) is 0 Å². The van der Waals surface area contributed by atoms with Crippen molar-refractivity contribution in [1.29, 1.82) is 0 Å². The third-order valence-corrected chi connectivity index (χ3v) is 4.69. The molecule has 1 aliphatic heterocycles. The molecular weight excluding hydrogens is 332 g/mol. The molecule has 1 heterocycles. The van der Waals surface area contributed by atoms with Crippen LogP contribution in [0.25, 0.3) is 0 Å². The van der Waals surface area contributed by atoms with Gasteiger partial charge in [-0.15, -0.1) is 0 Å². The number of hydrogen-bond acceptors (Lipinski definition) is 5. The van der Waals surface area contributed by atoms with Crippen LogP contribution in [-0.2, 0) is 9.53 Å². The Bertz CT molecular complexity index is 533. The van der Waals surface area contributed by atoms with E-state index in [9.17, 15) is 15.0 Å². The maximum absolute atomic E-state index is 12.2. The van der Waals surface area contributed by atoms with Gasteiger partial charge in [-0.1, -0.05) is 44.2 Å². The number of aliphatic hydroxyl groups is 3. The molecule has 0 unspecified atom stereocenters. The highest BCUT2D eigenvalue weighted by Gasteiger charge is 2.26. The molecule has 5 atom stereocenters. The average Bonchev–Trinajstić information content (AvgIpc) is 2.56. The van der Waals surface area contributed by atoms with Crippen molar-refractivity contribution in [2.45, 2.75) is 71.2 Å². The second kappa shape index (κ2) is 10.7. The Morgan fingerprint density at radius 3 is 2.85 bits per heavy atom. The summed E-state index contributed by atoms with van der Waals surface area (Å²) in [6, 6.07) is 0. The normalized spacial score (nSPS) is 34.7. The van der Waals surface area contributed by atoms with Gasteiger partial charge in [-0.3, -0.25) is 4.79 Å². The van der Waals surface area contributed by atoms with Crippen molar-refractivity contribution >= 4 is 5.97 Å². The van der Waals surface area contributed by atoms with Crippen LogP contribution in [-0.4, -0.2) is 45.7 Å². The zero-order valence-electron chi connectivity index (χ0n) is 16.4. The van der Waals surface area contributed by atoms with E-state index in [1.807, 2.05) is 51.2 Å². The van der Waals surface area contributed by atoms with E-state index in [2.05, 4.69) is 0 Å². The Balaban J connectivity index is 3.00. The van der Waals surface area contributed by atoms with E-state index in [1.54, 1.807) is 6.92 Å². The standard InChI is InChI=1S/C21H34O5/c1-15(14-22)7-5-8-16(2)20-17(3)9-6-11-21(4,25)12-10-18(23)13-19(24)26-20/h5-9,15,17-18,20,22-23,25H,10-14H2,1-4H3/b7-5+,9-6+,16-8+/t15-,17+,18+,20-,21+/m1/s1. The van der Waals surface area contributed by atoms with Crippen molar-refractivity contribution in [3.05, 3.63) is 36.0 Å². The van der Waals surface area contributed by atoms with Crippen LogP contribution in [0.5, 0.6) is 0 Å². The van der Waals surface area contributed by atoms with E-state index in [0.29, 0.717) is 19.3 Å². The molecule has 0 radical (unpaired) electrons. The van der Waals surface area contributed by atoms with E-state index in [-0.39, 0.29) is 24.9 Å². The quantitative estimate of drug-likeness (QED) is 0.405. The Hall–Kier alpha value is -1.43. The van der Waals surface area contributed by atoms with Crippen LogP contribution in [0.1, 0.15) is 53.4 Å². The number of hydrogen-bond donors (Lipinski definition) is 3.